The summed E-state index contributed by atoms with van der Waals surface area (Å²) in [6.45, 7) is 10.5. The van der Waals surface area contributed by atoms with E-state index in [9.17, 15) is 0 Å². The number of fused-ring (bicyclic) bond motifs is 1. The van der Waals surface area contributed by atoms with Crippen LogP contribution >= 0.6 is 11.6 Å². The van der Waals surface area contributed by atoms with Crippen LogP contribution in [0, 0.1) is 6.92 Å². The molecule has 3 rings (SSSR count). The molecule has 0 spiro atoms. The molecule has 2 N–H and O–H groups in total. The number of hydrogen-bond donors (Lipinski definition) is 1. The Labute approximate surface area is 147 Å². The van der Waals surface area contributed by atoms with Gasteiger partial charge in [0.1, 0.15) is 11.6 Å². The van der Waals surface area contributed by atoms with Gasteiger partial charge in [-0.2, -0.15) is 5.10 Å². The summed E-state index contributed by atoms with van der Waals surface area (Å²) >= 11 is 6.33. The van der Waals surface area contributed by atoms with E-state index in [0.29, 0.717) is 23.3 Å². The number of hydrogen-bond acceptors (Lipinski definition) is 5. The zero-order chi connectivity index (χ0) is 17.9. The van der Waals surface area contributed by atoms with E-state index in [1.165, 1.54) is 0 Å². The van der Waals surface area contributed by atoms with Crippen molar-refractivity contribution in [3.05, 3.63) is 40.6 Å². The number of aryl methyl sites for hydroxylation is 1. The molecule has 0 aromatic carbocycles. The SMILES string of the molecule is CC.Cc1nc(C(C)C)c2c(Cl)nn(Cc3cccnc3N)c2n1. The zero-order valence-electron chi connectivity index (χ0n) is 14.7. The summed E-state index contributed by atoms with van der Waals surface area (Å²) in [5.41, 5.74) is 8.43. The minimum absolute atomic E-state index is 0.239. The Kier molecular flexibility index (Phi) is 5.72. The van der Waals surface area contributed by atoms with Crippen LogP contribution in [0.3, 0.4) is 0 Å². The maximum atomic E-state index is 6.33. The van der Waals surface area contributed by atoms with E-state index in [4.69, 9.17) is 17.3 Å². The fourth-order valence-electron chi connectivity index (χ4n) is 2.44. The van der Waals surface area contributed by atoms with E-state index in [1.54, 1.807) is 10.9 Å². The molecule has 0 saturated heterocycles. The number of nitrogens with zero attached hydrogens (tertiary/aromatic N) is 5. The molecule has 0 fully saturated rings. The number of nitrogens with two attached hydrogens (primary N) is 1. The third-order valence-corrected chi connectivity index (χ3v) is 3.75. The molecule has 6 nitrogen and oxygen atoms in total. The first-order valence-electron chi connectivity index (χ1n) is 8.07. The minimum atomic E-state index is 0.239. The van der Waals surface area contributed by atoms with Crippen LogP contribution in [-0.4, -0.2) is 24.7 Å². The van der Waals surface area contributed by atoms with E-state index in [-0.39, 0.29) is 5.92 Å². The van der Waals surface area contributed by atoms with Gasteiger partial charge in [-0.1, -0.05) is 45.4 Å². The molecule has 0 radical (unpaired) electrons. The van der Waals surface area contributed by atoms with Crippen molar-refractivity contribution in [3.63, 3.8) is 0 Å². The first-order chi connectivity index (χ1) is 11.5. The lowest BCUT2D eigenvalue weighted by Gasteiger charge is -2.09. The molecular weight excluding hydrogens is 324 g/mol. The molecule has 0 aliphatic heterocycles. The van der Waals surface area contributed by atoms with Gasteiger partial charge in [0.15, 0.2) is 10.8 Å². The molecule has 0 aliphatic rings. The van der Waals surface area contributed by atoms with Gasteiger partial charge in [0.25, 0.3) is 0 Å². The van der Waals surface area contributed by atoms with Crippen molar-refractivity contribution in [1.29, 1.82) is 0 Å². The van der Waals surface area contributed by atoms with Crippen molar-refractivity contribution >= 4 is 28.5 Å². The van der Waals surface area contributed by atoms with Gasteiger partial charge in [0, 0.05) is 11.8 Å². The predicted octanol–water partition coefficient (Wildman–Crippen LogP) is 3.96. The summed E-state index contributed by atoms with van der Waals surface area (Å²) in [5, 5.41) is 5.63. The molecular formula is C17H23ClN6. The van der Waals surface area contributed by atoms with E-state index in [1.807, 2.05) is 32.9 Å². The van der Waals surface area contributed by atoms with Crippen LogP contribution in [0.15, 0.2) is 18.3 Å². The van der Waals surface area contributed by atoms with E-state index in [2.05, 4.69) is 33.9 Å². The first-order valence-corrected chi connectivity index (χ1v) is 8.45. The van der Waals surface area contributed by atoms with Gasteiger partial charge in [-0.3, -0.25) is 0 Å². The Balaban J connectivity index is 0.00000100. The molecule has 24 heavy (non-hydrogen) atoms. The van der Waals surface area contributed by atoms with Gasteiger partial charge in [0.05, 0.1) is 17.6 Å². The number of halogens is 1. The van der Waals surface area contributed by atoms with Crippen molar-refractivity contribution in [2.45, 2.75) is 47.1 Å². The third-order valence-electron chi connectivity index (χ3n) is 3.48. The monoisotopic (exact) mass is 346 g/mol. The summed E-state index contributed by atoms with van der Waals surface area (Å²) < 4.78 is 1.76. The molecule has 3 aromatic heterocycles. The zero-order valence-corrected chi connectivity index (χ0v) is 15.5. The summed E-state index contributed by atoms with van der Waals surface area (Å²) in [6, 6.07) is 3.76. The third kappa shape index (κ3) is 3.48. The molecule has 3 aromatic rings. The number of pyridine rings is 1. The maximum absolute atomic E-state index is 6.33. The Morgan fingerprint density at radius 2 is 1.96 bits per heavy atom. The van der Waals surface area contributed by atoms with Crippen LogP contribution in [0.5, 0.6) is 0 Å². The highest BCUT2D eigenvalue weighted by molar-refractivity contribution is 6.34. The van der Waals surface area contributed by atoms with E-state index in [0.717, 1.165) is 22.3 Å². The standard InChI is InChI=1S/C15H17ClN6.C2H6/c1-8(2)12-11-13(16)21-22(15(11)20-9(3)19-12)7-10-5-4-6-18-14(10)17;1-2/h4-6,8H,7H2,1-3H3,(H2,17,18);1-2H3. The highest BCUT2D eigenvalue weighted by atomic mass is 35.5. The van der Waals surface area contributed by atoms with Gasteiger partial charge < -0.3 is 5.73 Å². The van der Waals surface area contributed by atoms with Crippen LogP contribution in [0.4, 0.5) is 5.82 Å². The summed E-state index contributed by atoms with van der Waals surface area (Å²) in [7, 11) is 0. The molecule has 0 amide bonds. The van der Waals surface area contributed by atoms with Crippen LogP contribution in [0.2, 0.25) is 5.15 Å². The van der Waals surface area contributed by atoms with E-state index >= 15 is 0 Å². The van der Waals surface area contributed by atoms with Gasteiger partial charge >= 0.3 is 0 Å². The van der Waals surface area contributed by atoms with Gasteiger partial charge in [-0.05, 0) is 18.9 Å². The van der Waals surface area contributed by atoms with Crippen molar-refractivity contribution in [3.8, 4) is 0 Å². The van der Waals surface area contributed by atoms with E-state index < -0.39 is 0 Å². The molecule has 0 atom stereocenters. The fourth-order valence-corrected chi connectivity index (χ4v) is 2.71. The Hall–Kier alpha value is -2.21. The average Bonchev–Trinajstić information content (AvgIpc) is 2.86. The second-order valence-electron chi connectivity index (χ2n) is 5.51. The summed E-state index contributed by atoms with van der Waals surface area (Å²) in [5.74, 6) is 1.42. The minimum Gasteiger partial charge on any atom is -0.383 e. The lowest BCUT2D eigenvalue weighted by Crippen LogP contribution is -2.07. The Morgan fingerprint density at radius 3 is 2.58 bits per heavy atom. The van der Waals surface area contributed by atoms with Crippen molar-refractivity contribution in [2.75, 3.05) is 5.73 Å². The predicted molar refractivity (Wildman–Crippen MR) is 98.3 cm³/mol. The van der Waals surface area contributed by atoms with Crippen LogP contribution in [-0.2, 0) is 6.54 Å². The maximum Gasteiger partial charge on any atom is 0.163 e. The second kappa shape index (κ2) is 7.57. The molecule has 128 valence electrons. The lowest BCUT2D eigenvalue weighted by atomic mass is 10.1. The lowest BCUT2D eigenvalue weighted by molar-refractivity contribution is 0.701. The molecule has 7 heteroatoms. The molecule has 0 bridgehead atoms. The molecule has 0 unspecified atom stereocenters. The van der Waals surface area contributed by atoms with Crippen LogP contribution < -0.4 is 5.73 Å². The van der Waals surface area contributed by atoms with Gasteiger partial charge in [-0.25, -0.2) is 19.6 Å². The highest BCUT2D eigenvalue weighted by Gasteiger charge is 2.19. The summed E-state index contributed by atoms with van der Waals surface area (Å²) in [6.07, 6.45) is 1.66. The Morgan fingerprint density at radius 1 is 1.25 bits per heavy atom. The molecule has 0 saturated carbocycles. The number of rotatable bonds is 3. The largest absolute Gasteiger partial charge is 0.383 e. The molecule has 0 aliphatic carbocycles. The van der Waals surface area contributed by atoms with Gasteiger partial charge in [-0.15, -0.1) is 0 Å². The smallest absolute Gasteiger partial charge is 0.163 e. The average molecular weight is 347 g/mol. The fraction of sp³-hybridized carbons (Fsp3) is 0.412. The molecule has 3 heterocycles. The normalized spacial score (nSPS) is 10.8. The van der Waals surface area contributed by atoms with Gasteiger partial charge in [0.2, 0.25) is 0 Å². The van der Waals surface area contributed by atoms with Crippen molar-refractivity contribution in [1.82, 2.24) is 24.7 Å². The van der Waals surface area contributed by atoms with Crippen LogP contribution in [0.25, 0.3) is 11.0 Å². The second-order valence-corrected chi connectivity index (χ2v) is 5.86. The number of aromatic nitrogens is 5. The quantitative estimate of drug-likeness (QED) is 0.776. The first kappa shape index (κ1) is 18.1. The van der Waals surface area contributed by atoms with Crippen molar-refractivity contribution < 1.29 is 0 Å². The topological polar surface area (TPSA) is 82.5 Å². The number of nitrogen functional groups attached to an aromatic ring is 1. The van der Waals surface area contributed by atoms with Crippen molar-refractivity contribution in [2.24, 2.45) is 0 Å². The number of anilines is 1. The summed E-state index contributed by atoms with van der Waals surface area (Å²) in [4.78, 5) is 13.1. The van der Waals surface area contributed by atoms with Crippen LogP contribution in [0.1, 0.15) is 50.7 Å². The Bertz CT molecular complexity index is 840. The highest BCUT2D eigenvalue weighted by Crippen LogP contribution is 2.29.